The topological polar surface area (TPSA) is 79.3 Å². The van der Waals surface area contributed by atoms with Crippen LogP contribution in [-0.2, 0) is 4.74 Å². The van der Waals surface area contributed by atoms with Gasteiger partial charge in [-0.1, -0.05) is 12.1 Å². The number of hydrogen-bond donors (Lipinski definition) is 1. The molecule has 26 heavy (non-hydrogen) atoms. The van der Waals surface area contributed by atoms with Gasteiger partial charge < -0.3 is 15.4 Å². The first-order valence-electron chi connectivity index (χ1n) is 9.43. The molecule has 1 saturated heterocycles. The number of rotatable bonds is 4. The largest absolute Gasteiger partial charge is 0.444 e. The number of amides is 1. The monoisotopic (exact) mass is 357 g/mol. The van der Waals surface area contributed by atoms with E-state index in [1.807, 2.05) is 45.9 Å². The zero-order valence-corrected chi connectivity index (χ0v) is 16.4. The second-order valence-electron chi connectivity index (χ2n) is 8.35. The Morgan fingerprint density at radius 2 is 2.04 bits per heavy atom. The maximum absolute atomic E-state index is 12.2. The molecule has 142 valence electrons. The summed E-state index contributed by atoms with van der Waals surface area (Å²) in [6, 6.07) is 9.98. The van der Waals surface area contributed by atoms with Gasteiger partial charge in [0.15, 0.2) is 0 Å². The number of benzene rings is 1. The number of nitrogens with two attached hydrogens (primary N) is 1. The van der Waals surface area contributed by atoms with Gasteiger partial charge in [-0.25, -0.2) is 4.79 Å². The third-order valence-corrected chi connectivity index (χ3v) is 4.93. The SMILES string of the molecule is CC(N)C(CC1CCN(C(=O)OC(C)(C)C)CC1)c1cccc(C#N)c1. The molecule has 2 N–H and O–H groups in total. The lowest BCUT2D eigenvalue weighted by atomic mass is 9.80. The van der Waals surface area contributed by atoms with E-state index in [0.29, 0.717) is 11.5 Å². The van der Waals surface area contributed by atoms with Crippen molar-refractivity contribution in [3.63, 3.8) is 0 Å². The summed E-state index contributed by atoms with van der Waals surface area (Å²) in [7, 11) is 0. The van der Waals surface area contributed by atoms with Gasteiger partial charge in [-0.05, 0) is 76.5 Å². The fraction of sp³-hybridized carbons (Fsp3) is 0.619. The van der Waals surface area contributed by atoms with E-state index in [4.69, 9.17) is 15.7 Å². The number of carbonyl (C=O) groups excluding carboxylic acids is 1. The number of piperidine rings is 1. The third-order valence-electron chi connectivity index (χ3n) is 4.93. The van der Waals surface area contributed by atoms with Crippen LogP contribution in [0.25, 0.3) is 0 Å². The van der Waals surface area contributed by atoms with Crippen LogP contribution in [0.1, 0.15) is 64.0 Å². The van der Waals surface area contributed by atoms with E-state index in [9.17, 15) is 4.79 Å². The molecule has 1 aliphatic rings. The predicted octanol–water partition coefficient (Wildman–Crippen LogP) is 4.03. The molecule has 0 bridgehead atoms. The van der Waals surface area contributed by atoms with E-state index in [0.717, 1.165) is 37.9 Å². The number of hydrogen-bond acceptors (Lipinski definition) is 4. The summed E-state index contributed by atoms with van der Waals surface area (Å²) in [6.07, 6.45) is 2.68. The molecule has 2 rings (SSSR count). The summed E-state index contributed by atoms with van der Waals surface area (Å²) in [5.74, 6) is 0.747. The van der Waals surface area contributed by atoms with Gasteiger partial charge in [0.1, 0.15) is 5.60 Å². The molecule has 0 radical (unpaired) electrons. The molecule has 2 atom stereocenters. The van der Waals surface area contributed by atoms with Crippen molar-refractivity contribution in [2.75, 3.05) is 13.1 Å². The third kappa shape index (κ3) is 5.74. The summed E-state index contributed by atoms with van der Waals surface area (Å²) in [6.45, 7) is 9.15. The van der Waals surface area contributed by atoms with Crippen LogP contribution in [0.15, 0.2) is 24.3 Å². The average molecular weight is 357 g/mol. The highest BCUT2D eigenvalue weighted by atomic mass is 16.6. The minimum atomic E-state index is -0.459. The van der Waals surface area contributed by atoms with Crippen molar-refractivity contribution in [1.82, 2.24) is 4.90 Å². The summed E-state index contributed by atoms with van der Waals surface area (Å²) in [5, 5.41) is 9.14. The molecule has 1 amide bonds. The standard InChI is InChI=1S/C21H31N3O2/c1-15(23)19(18-7-5-6-17(12-18)14-22)13-16-8-10-24(11-9-16)20(25)26-21(2,3)4/h5-7,12,15-16,19H,8-11,13,23H2,1-4H3. The van der Waals surface area contributed by atoms with E-state index in [-0.39, 0.29) is 18.1 Å². The van der Waals surface area contributed by atoms with Gasteiger partial charge in [-0.3, -0.25) is 0 Å². The maximum Gasteiger partial charge on any atom is 0.410 e. The van der Waals surface area contributed by atoms with E-state index >= 15 is 0 Å². The molecule has 0 aromatic heterocycles. The lowest BCUT2D eigenvalue weighted by Gasteiger charge is -2.35. The predicted molar refractivity (Wildman–Crippen MR) is 103 cm³/mol. The Labute approximate surface area is 157 Å². The quantitative estimate of drug-likeness (QED) is 0.882. The van der Waals surface area contributed by atoms with Gasteiger partial charge in [-0.2, -0.15) is 5.26 Å². The molecule has 0 spiro atoms. The molecular formula is C21H31N3O2. The average Bonchev–Trinajstić information content (AvgIpc) is 2.58. The van der Waals surface area contributed by atoms with Gasteiger partial charge in [0.25, 0.3) is 0 Å². The first-order valence-corrected chi connectivity index (χ1v) is 9.43. The number of ether oxygens (including phenoxy) is 1. The van der Waals surface area contributed by atoms with E-state index in [2.05, 4.69) is 12.1 Å². The number of nitriles is 1. The Kier molecular flexibility index (Phi) is 6.66. The van der Waals surface area contributed by atoms with Gasteiger partial charge in [0.2, 0.25) is 0 Å². The zero-order chi connectivity index (χ0) is 19.3. The molecule has 5 nitrogen and oxygen atoms in total. The van der Waals surface area contributed by atoms with Crippen LogP contribution in [0.3, 0.4) is 0 Å². The van der Waals surface area contributed by atoms with Crippen molar-refractivity contribution < 1.29 is 9.53 Å². The molecule has 1 heterocycles. The van der Waals surface area contributed by atoms with E-state index in [1.165, 1.54) is 0 Å². The van der Waals surface area contributed by atoms with Crippen LogP contribution >= 0.6 is 0 Å². The molecule has 1 aromatic carbocycles. The van der Waals surface area contributed by atoms with Crippen molar-refractivity contribution >= 4 is 6.09 Å². The van der Waals surface area contributed by atoms with Crippen LogP contribution in [0, 0.1) is 17.2 Å². The highest BCUT2D eigenvalue weighted by Crippen LogP contribution is 2.32. The summed E-state index contributed by atoms with van der Waals surface area (Å²) in [5.41, 5.74) is 7.60. The molecule has 1 aromatic rings. The van der Waals surface area contributed by atoms with Crippen LogP contribution in [0.2, 0.25) is 0 Å². The van der Waals surface area contributed by atoms with Gasteiger partial charge in [0.05, 0.1) is 11.6 Å². The minimum absolute atomic E-state index is 0.0211. The van der Waals surface area contributed by atoms with Crippen molar-refractivity contribution in [2.45, 2.75) is 64.5 Å². The number of carbonyl (C=O) groups is 1. The van der Waals surface area contributed by atoms with Crippen LogP contribution in [0.4, 0.5) is 4.79 Å². The smallest absolute Gasteiger partial charge is 0.410 e. The van der Waals surface area contributed by atoms with E-state index in [1.54, 1.807) is 4.90 Å². The lowest BCUT2D eigenvalue weighted by Crippen LogP contribution is -2.42. The molecule has 1 aliphatic heterocycles. The van der Waals surface area contributed by atoms with Crippen LogP contribution < -0.4 is 5.73 Å². The first kappa shape index (κ1) is 20.3. The molecule has 5 heteroatoms. The van der Waals surface area contributed by atoms with Crippen molar-refractivity contribution in [1.29, 1.82) is 5.26 Å². The fourth-order valence-corrected chi connectivity index (χ4v) is 3.53. The van der Waals surface area contributed by atoms with Crippen molar-refractivity contribution in [3.05, 3.63) is 35.4 Å². The Morgan fingerprint density at radius 3 is 2.58 bits per heavy atom. The Hall–Kier alpha value is -2.06. The van der Waals surface area contributed by atoms with Crippen LogP contribution in [-0.4, -0.2) is 35.7 Å². The Bertz CT molecular complexity index is 650. The van der Waals surface area contributed by atoms with Crippen molar-refractivity contribution in [2.24, 2.45) is 11.7 Å². The van der Waals surface area contributed by atoms with E-state index < -0.39 is 5.60 Å². The normalized spacial score (nSPS) is 18.1. The zero-order valence-electron chi connectivity index (χ0n) is 16.4. The van der Waals surface area contributed by atoms with Gasteiger partial charge in [-0.15, -0.1) is 0 Å². The Morgan fingerprint density at radius 1 is 1.38 bits per heavy atom. The van der Waals surface area contributed by atoms with Gasteiger partial charge >= 0.3 is 6.09 Å². The van der Waals surface area contributed by atoms with Crippen molar-refractivity contribution in [3.8, 4) is 6.07 Å². The maximum atomic E-state index is 12.2. The molecule has 2 unspecified atom stereocenters. The summed E-state index contributed by atoms with van der Waals surface area (Å²) in [4.78, 5) is 14.0. The summed E-state index contributed by atoms with van der Waals surface area (Å²) < 4.78 is 5.46. The lowest BCUT2D eigenvalue weighted by molar-refractivity contribution is 0.0178. The summed E-state index contributed by atoms with van der Waals surface area (Å²) >= 11 is 0. The molecule has 0 aliphatic carbocycles. The highest BCUT2D eigenvalue weighted by molar-refractivity contribution is 5.68. The molecule has 0 saturated carbocycles. The Balaban J connectivity index is 1.95. The van der Waals surface area contributed by atoms with Crippen LogP contribution in [0.5, 0.6) is 0 Å². The second kappa shape index (κ2) is 8.55. The van der Waals surface area contributed by atoms with Gasteiger partial charge in [0, 0.05) is 19.1 Å². The second-order valence-corrected chi connectivity index (χ2v) is 8.35. The number of nitrogens with zero attached hydrogens (tertiary/aromatic N) is 2. The fourth-order valence-electron chi connectivity index (χ4n) is 3.53. The number of likely N-dealkylation sites (tertiary alicyclic amines) is 1. The molecule has 1 fully saturated rings. The minimum Gasteiger partial charge on any atom is -0.444 e. The first-order chi connectivity index (χ1) is 12.2. The molecular weight excluding hydrogens is 326 g/mol. The highest BCUT2D eigenvalue weighted by Gasteiger charge is 2.29.